The smallest absolute Gasteiger partial charge is 0.387 e. The molecule has 0 atom stereocenters. The number of rotatable bonds is 5. The molecule has 0 amide bonds. The number of aryl methyl sites for hydroxylation is 1. The van der Waals surface area contributed by atoms with Crippen LogP contribution in [0.2, 0.25) is 0 Å². The maximum atomic E-state index is 12.1. The van der Waals surface area contributed by atoms with Crippen molar-refractivity contribution in [2.24, 2.45) is 0 Å². The molecule has 0 saturated heterocycles. The van der Waals surface area contributed by atoms with E-state index in [-0.39, 0.29) is 18.4 Å². The quantitative estimate of drug-likeness (QED) is 0.540. The third-order valence-corrected chi connectivity index (χ3v) is 4.58. The van der Waals surface area contributed by atoms with Crippen molar-refractivity contribution in [3.63, 3.8) is 0 Å². The Morgan fingerprint density at radius 2 is 2.04 bits per heavy atom. The number of nitrogens with one attached hydrogen (secondary N) is 1. The zero-order valence-corrected chi connectivity index (χ0v) is 15.1. The Labute approximate surface area is 157 Å². The number of anilines is 3. The molecule has 0 fully saturated rings. The Bertz CT molecular complexity index is 1130. The number of para-hydroxylation sites is 1. The van der Waals surface area contributed by atoms with E-state index in [1.165, 1.54) is 11.3 Å². The Morgan fingerprint density at radius 1 is 1.19 bits per heavy atom. The number of nitrogen functional groups attached to an aromatic ring is 1. The number of benzene rings is 1. The molecule has 9 nitrogen and oxygen atoms in total. The summed E-state index contributed by atoms with van der Waals surface area (Å²) < 4.78 is 6.35. The fourth-order valence-corrected chi connectivity index (χ4v) is 3.08. The monoisotopic (exact) mass is 381 g/mol. The van der Waals surface area contributed by atoms with Gasteiger partial charge in [0.2, 0.25) is 11.9 Å². The number of nitrogens with zero attached hydrogens (tertiary/aromatic N) is 5. The van der Waals surface area contributed by atoms with E-state index in [4.69, 9.17) is 10.2 Å². The van der Waals surface area contributed by atoms with E-state index in [0.717, 1.165) is 20.8 Å². The summed E-state index contributed by atoms with van der Waals surface area (Å²) in [7, 11) is 0. The lowest BCUT2D eigenvalue weighted by Crippen LogP contribution is -2.19. The Hall–Kier alpha value is -3.53. The summed E-state index contributed by atoms with van der Waals surface area (Å²) in [4.78, 5) is 25.3. The van der Waals surface area contributed by atoms with Gasteiger partial charge in [0.15, 0.2) is 5.82 Å². The summed E-state index contributed by atoms with van der Waals surface area (Å²) in [6.07, 6.45) is 0. The molecule has 3 aromatic heterocycles. The lowest BCUT2D eigenvalue weighted by Gasteiger charge is -2.09. The molecule has 3 heterocycles. The summed E-state index contributed by atoms with van der Waals surface area (Å²) in [5, 5.41) is 9.18. The first kappa shape index (κ1) is 16.9. The average molecular weight is 381 g/mol. The normalized spacial score (nSPS) is 10.9. The molecular formula is C17H15N7O2S. The first-order chi connectivity index (χ1) is 13.1. The molecular weight excluding hydrogens is 366 g/mol. The second-order valence-electron chi connectivity index (χ2n) is 5.68. The highest BCUT2D eigenvalue weighted by atomic mass is 32.1. The SMILES string of the molecule is Cc1ccccc1Nc1nc(N)nc(Cn2nc(-c3cccs3)oc2=O)n1. The van der Waals surface area contributed by atoms with Crippen LogP contribution < -0.4 is 16.8 Å². The number of hydrogen-bond acceptors (Lipinski definition) is 9. The van der Waals surface area contributed by atoms with Crippen molar-refractivity contribution in [1.82, 2.24) is 24.7 Å². The fourth-order valence-electron chi connectivity index (χ4n) is 2.44. The third-order valence-electron chi connectivity index (χ3n) is 3.72. The van der Waals surface area contributed by atoms with Crippen LogP contribution in [0.5, 0.6) is 0 Å². The predicted octanol–water partition coefficient (Wildman–Crippen LogP) is 2.43. The van der Waals surface area contributed by atoms with Crippen LogP contribution in [-0.2, 0) is 6.54 Å². The summed E-state index contributed by atoms with van der Waals surface area (Å²) in [5.74, 6) is 0.306. The van der Waals surface area contributed by atoms with Gasteiger partial charge in [-0.05, 0) is 30.0 Å². The standard InChI is InChI=1S/C17H15N7O2S/c1-10-5-2-3-6-11(10)19-16-21-13(20-15(18)22-16)9-24-17(25)26-14(23-24)12-7-4-8-27-12/h2-8H,9H2,1H3,(H3,18,19,20,21,22). The molecule has 136 valence electrons. The van der Waals surface area contributed by atoms with Gasteiger partial charge in [0, 0.05) is 5.69 Å². The maximum Gasteiger partial charge on any atom is 0.437 e. The van der Waals surface area contributed by atoms with Gasteiger partial charge in [-0.3, -0.25) is 0 Å². The molecule has 4 rings (SSSR count). The molecule has 1 aromatic carbocycles. The van der Waals surface area contributed by atoms with Crippen molar-refractivity contribution in [3.8, 4) is 10.8 Å². The van der Waals surface area contributed by atoms with Crippen molar-refractivity contribution in [3.05, 3.63) is 63.7 Å². The van der Waals surface area contributed by atoms with Gasteiger partial charge < -0.3 is 15.5 Å². The molecule has 3 N–H and O–H groups in total. The van der Waals surface area contributed by atoms with Crippen molar-refractivity contribution in [2.75, 3.05) is 11.1 Å². The van der Waals surface area contributed by atoms with Gasteiger partial charge >= 0.3 is 5.76 Å². The van der Waals surface area contributed by atoms with E-state index >= 15 is 0 Å². The van der Waals surface area contributed by atoms with E-state index in [1.54, 1.807) is 0 Å². The van der Waals surface area contributed by atoms with Crippen LogP contribution in [0.3, 0.4) is 0 Å². The summed E-state index contributed by atoms with van der Waals surface area (Å²) >= 11 is 1.43. The molecule has 4 aromatic rings. The molecule has 0 unspecified atom stereocenters. The second kappa shape index (κ2) is 7.00. The van der Waals surface area contributed by atoms with Gasteiger partial charge in [-0.25, -0.2) is 4.79 Å². The van der Waals surface area contributed by atoms with E-state index in [0.29, 0.717) is 11.8 Å². The minimum atomic E-state index is -0.592. The van der Waals surface area contributed by atoms with Crippen molar-refractivity contribution < 1.29 is 4.42 Å². The van der Waals surface area contributed by atoms with Gasteiger partial charge in [-0.15, -0.1) is 16.4 Å². The minimum absolute atomic E-state index is 0.0167. The van der Waals surface area contributed by atoms with Crippen LogP contribution in [0, 0.1) is 6.92 Å². The molecule has 0 aliphatic rings. The lowest BCUT2D eigenvalue weighted by atomic mass is 10.2. The largest absolute Gasteiger partial charge is 0.437 e. The number of aromatic nitrogens is 5. The molecule has 0 radical (unpaired) electrons. The number of thiophene rings is 1. The Kier molecular flexibility index (Phi) is 4.38. The Balaban J connectivity index is 1.61. The van der Waals surface area contributed by atoms with Gasteiger partial charge in [0.1, 0.15) is 6.54 Å². The second-order valence-corrected chi connectivity index (χ2v) is 6.63. The highest BCUT2D eigenvalue weighted by molar-refractivity contribution is 7.13. The van der Waals surface area contributed by atoms with Crippen LogP contribution in [0.15, 0.2) is 51.0 Å². The highest BCUT2D eigenvalue weighted by Crippen LogP contribution is 2.21. The molecule has 0 saturated carbocycles. The number of nitrogens with two attached hydrogens (primary N) is 1. The zero-order chi connectivity index (χ0) is 18.8. The van der Waals surface area contributed by atoms with E-state index in [2.05, 4.69) is 25.4 Å². The lowest BCUT2D eigenvalue weighted by molar-refractivity contribution is 0.491. The predicted molar refractivity (Wildman–Crippen MR) is 102 cm³/mol. The molecule has 27 heavy (non-hydrogen) atoms. The van der Waals surface area contributed by atoms with E-state index in [9.17, 15) is 4.79 Å². The van der Waals surface area contributed by atoms with E-state index in [1.807, 2.05) is 48.7 Å². The van der Waals surface area contributed by atoms with Crippen LogP contribution in [0.1, 0.15) is 11.4 Å². The number of hydrogen-bond donors (Lipinski definition) is 2. The first-order valence-electron chi connectivity index (χ1n) is 8.03. The third kappa shape index (κ3) is 3.70. The molecule has 0 aliphatic carbocycles. The molecule has 10 heteroatoms. The zero-order valence-electron chi connectivity index (χ0n) is 14.3. The summed E-state index contributed by atoms with van der Waals surface area (Å²) in [6, 6.07) is 11.4. The first-order valence-corrected chi connectivity index (χ1v) is 8.91. The van der Waals surface area contributed by atoms with Crippen LogP contribution in [0.4, 0.5) is 17.6 Å². The van der Waals surface area contributed by atoms with Crippen molar-refractivity contribution in [2.45, 2.75) is 13.5 Å². The highest BCUT2D eigenvalue weighted by Gasteiger charge is 2.14. The van der Waals surface area contributed by atoms with Crippen LogP contribution in [-0.4, -0.2) is 24.7 Å². The van der Waals surface area contributed by atoms with Crippen molar-refractivity contribution in [1.29, 1.82) is 0 Å². The Morgan fingerprint density at radius 3 is 2.81 bits per heavy atom. The van der Waals surface area contributed by atoms with E-state index < -0.39 is 5.76 Å². The van der Waals surface area contributed by atoms with Gasteiger partial charge in [0.05, 0.1) is 4.88 Å². The average Bonchev–Trinajstić information content (AvgIpc) is 3.27. The molecule has 0 spiro atoms. The van der Waals surface area contributed by atoms with Crippen LogP contribution >= 0.6 is 11.3 Å². The summed E-state index contributed by atoms with van der Waals surface area (Å²) in [6.45, 7) is 1.98. The molecule has 0 aliphatic heterocycles. The van der Waals surface area contributed by atoms with Gasteiger partial charge in [-0.2, -0.15) is 19.6 Å². The topological polar surface area (TPSA) is 125 Å². The van der Waals surface area contributed by atoms with Gasteiger partial charge in [0.25, 0.3) is 5.89 Å². The van der Waals surface area contributed by atoms with Crippen LogP contribution in [0.25, 0.3) is 10.8 Å². The van der Waals surface area contributed by atoms with Crippen molar-refractivity contribution >= 4 is 28.9 Å². The minimum Gasteiger partial charge on any atom is -0.387 e. The fraction of sp³-hybridized carbons (Fsp3) is 0.118. The summed E-state index contributed by atoms with van der Waals surface area (Å²) in [5.41, 5.74) is 7.68. The maximum absolute atomic E-state index is 12.1. The molecule has 0 bridgehead atoms. The van der Waals surface area contributed by atoms with Gasteiger partial charge in [-0.1, -0.05) is 24.3 Å².